The van der Waals surface area contributed by atoms with Gasteiger partial charge in [0.1, 0.15) is 0 Å². The Hall–Kier alpha value is -2.09. The summed E-state index contributed by atoms with van der Waals surface area (Å²) in [7, 11) is 1.65. The van der Waals surface area contributed by atoms with Gasteiger partial charge in [-0.05, 0) is 25.1 Å². The summed E-state index contributed by atoms with van der Waals surface area (Å²) in [6.45, 7) is 3.94. The Morgan fingerprint density at radius 3 is 2.27 bits per heavy atom. The zero-order valence-corrected chi connectivity index (χ0v) is 16.2. The Bertz CT molecular complexity index is 772. The molecule has 1 aromatic carbocycles. The van der Waals surface area contributed by atoms with Gasteiger partial charge in [0, 0.05) is 6.07 Å². The number of likely N-dealkylation sites (N-methyl/N-ethyl adjacent to an activating group) is 1. The Balaban J connectivity index is 1.84. The van der Waals surface area contributed by atoms with Crippen molar-refractivity contribution in [3.63, 3.8) is 0 Å². The lowest BCUT2D eigenvalue weighted by atomic mass is 10.1. The maximum atomic E-state index is 12.1. The molecule has 0 aliphatic rings. The van der Waals surface area contributed by atoms with Crippen LogP contribution in [0.15, 0.2) is 28.8 Å². The van der Waals surface area contributed by atoms with Crippen LogP contribution in [0.2, 0.25) is 10.0 Å². The molecule has 2 amide bonds. The molecule has 1 heterocycles. The lowest BCUT2D eigenvalue weighted by molar-refractivity contribution is -0.119. The van der Waals surface area contributed by atoms with Crippen LogP contribution in [0.25, 0.3) is 0 Å². The summed E-state index contributed by atoms with van der Waals surface area (Å²) in [5.41, 5.74) is 1.10. The molecule has 0 atom stereocenters. The summed E-state index contributed by atoms with van der Waals surface area (Å²) in [4.78, 5) is 25.7. The second-order valence-electron chi connectivity index (χ2n) is 6.14. The fraction of sp³-hybridized carbons (Fsp3) is 0.353. The van der Waals surface area contributed by atoms with E-state index >= 15 is 0 Å². The van der Waals surface area contributed by atoms with Crippen LogP contribution in [0.3, 0.4) is 0 Å². The number of nitrogens with one attached hydrogen (secondary N) is 2. The van der Waals surface area contributed by atoms with Crippen molar-refractivity contribution in [2.45, 2.75) is 19.8 Å². The summed E-state index contributed by atoms with van der Waals surface area (Å²) in [6, 6.07) is 6.62. The monoisotopic (exact) mass is 398 g/mol. The number of carbonyl (C=O) groups is 2. The summed E-state index contributed by atoms with van der Waals surface area (Å²) in [5.74, 6) is -0.175. The number of carbonyl (C=O) groups excluding carboxylic acids is 2. The van der Waals surface area contributed by atoms with Crippen molar-refractivity contribution in [3.8, 4) is 0 Å². The number of hydrogen-bond acceptors (Lipinski definition) is 5. The van der Waals surface area contributed by atoms with Crippen molar-refractivity contribution >= 4 is 46.6 Å². The molecule has 26 heavy (non-hydrogen) atoms. The van der Waals surface area contributed by atoms with Gasteiger partial charge in [0.15, 0.2) is 0 Å². The third-order valence-corrected chi connectivity index (χ3v) is 4.07. The zero-order chi connectivity index (χ0) is 19.3. The molecule has 0 saturated heterocycles. The molecule has 2 rings (SSSR count). The Labute approximate surface area is 161 Å². The highest BCUT2D eigenvalue weighted by atomic mass is 35.5. The normalized spacial score (nSPS) is 11.0. The molecule has 0 aliphatic carbocycles. The molecule has 1 aromatic heterocycles. The number of halogens is 2. The number of nitrogens with zero attached hydrogens (tertiary/aromatic N) is 2. The van der Waals surface area contributed by atoms with Crippen LogP contribution in [0.5, 0.6) is 0 Å². The number of amides is 2. The van der Waals surface area contributed by atoms with Gasteiger partial charge in [0.2, 0.25) is 17.7 Å². The van der Waals surface area contributed by atoms with E-state index in [1.54, 1.807) is 36.2 Å². The molecule has 0 unspecified atom stereocenters. The lowest BCUT2D eigenvalue weighted by Gasteiger charge is -2.16. The van der Waals surface area contributed by atoms with Crippen molar-refractivity contribution in [1.82, 2.24) is 10.1 Å². The van der Waals surface area contributed by atoms with Crippen molar-refractivity contribution in [1.29, 1.82) is 0 Å². The van der Waals surface area contributed by atoms with Crippen molar-refractivity contribution in [3.05, 3.63) is 40.0 Å². The molecule has 140 valence electrons. The van der Waals surface area contributed by atoms with Gasteiger partial charge >= 0.3 is 0 Å². The highest BCUT2D eigenvalue weighted by Crippen LogP contribution is 2.29. The van der Waals surface area contributed by atoms with E-state index < -0.39 is 0 Å². The molecule has 9 heteroatoms. The minimum atomic E-state index is -0.336. The molecule has 0 radical (unpaired) electrons. The predicted molar refractivity (Wildman–Crippen MR) is 102 cm³/mol. The van der Waals surface area contributed by atoms with Gasteiger partial charge < -0.3 is 9.84 Å². The average molecular weight is 399 g/mol. The Kier molecular flexibility index (Phi) is 7.02. The van der Waals surface area contributed by atoms with Gasteiger partial charge in [-0.15, -0.1) is 0 Å². The third kappa shape index (κ3) is 5.72. The SMILES string of the molecule is CC(C)c1cc(NC(=O)CN(C)CC(=O)Nc2c(Cl)cccc2Cl)on1. The largest absolute Gasteiger partial charge is 0.338 e. The van der Waals surface area contributed by atoms with E-state index in [-0.39, 0.29) is 36.7 Å². The second-order valence-corrected chi connectivity index (χ2v) is 6.95. The topological polar surface area (TPSA) is 87.5 Å². The van der Waals surface area contributed by atoms with Crippen LogP contribution in [0.1, 0.15) is 25.5 Å². The standard InChI is InChI=1S/C17H20Cl2N4O3/c1-10(2)13-7-16(26-22-13)20-14(24)8-23(3)9-15(25)21-17-11(18)5-4-6-12(17)19/h4-7,10H,8-9H2,1-3H3,(H,20,24)(H,21,25). The van der Waals surface area contributed by atoms with E-state index in [0.717, 1.165) is 5.69 Å². The zero-order valence-electron chi connectivity index (χ0n) is 14.7. The number of hydrogen-bond donors (Lipinski definition) is 2. The molecular formula is C17H20Cl2N4O3. The van der Waals surface area contributed by atoms with Crippen LogP contribution in [0.4, 0.5) is 11.6 Å². The smallest absolute Gasteiger partial charge is 0.240 e. The molecule has 7 nitrogen and oxygen atoms in total. The minimum Gasteiger partial charge on any atom is -0.338 e. The van der Waals surface area contributed by atoms with Gasteiger partial charge in [0.05, 0.1) is 34.5 Å². The number of rotatable bonds is 7. The first-order valence-corrected chi connectivity index (χ1v) is 8.70. The van der Waals surface area contributed by atoms with E-state index in [1.165, 1.54) is 0 Å². The minimum absolute atomic E-state index is 0.00137. The van der Waals surface area contributed by atoms with Gasteiger partial charge in [-0.25, -0.2) is 0 Å². The molecule has 2 N–H and O–H groups in total. The van der Waals surface area contributed by atoms with Gasteiger partial charge in [-0.2, -0.15) is 0 Å². The Morgan fingerprint density at radius 2 is 1.73 bits per heavy atom. The predicted octanol–water partition coefficient (Wildman–Crippen LogP) is 3.61. The van der Waals surface area contributed by atoms with E-state index in [9.17, 15) is 9.59 Å². The Morgan fingerprint density at radius 1 is 1.15 bits per heavy atom. The quantitative estimate of drug-likeness (QED) is 0.743. The van der Waals surface area contributed by atoms with E-state index in [2.05, 4.69) is 15.8 Å². The highest BCUT2D eigenvalue weighted by molar-refractivity contribution is 6.39. The lowest BCUT2D eigenvalue weighted by Crippen LogP contribution is -2.36. The maximum Gasteiger partial charge on any atom is 0.240 e. The van der Waals surface area contributed by atoms with Crippen LogP contribution in [0, 0.1) is 0 Å². The molecule has 0 saturated carbocycles. The number of aromatic nitrogens is 1. The van der Waals surface area contributed by atoms with Crippen LogP contribution in [-0.2, 0) is 9.59 Å². The van der Waals surface area contributed by atoms with E-state index in [1.807, 2.05) is 13.8 Å². The van der Waals surface area contributed by atoms with Gasteiger partial charge in [-0.3, -0.25) is 19.8 Å². The fourth-order valence-corrected chi connectivity index (χ4v) is 2.63. The van der Waals surface area contributed by atoms with Crippen LogP contribution >= 0.6 is 23.2 Å². The average Bonchev–Trinajstić information content (AvgIpc) is 2.99. The first-order chi connectivity index (χ1) is 12.3. The number of benzene rings is 1. The van der Waals surface area contributed by atoms with Gasteiger partial charge in [0.25, 0.3) is 0 Å². The first kappa shape index (κ1) is 20.2. The molecule has 2 aromatic rings. The highest BCUT2D eigenvalue weighted by Gasteiger charge is 2.15. The molecule has 0 fully saturated rings. The van der Waals surface area contributed by atoms with Crippen LogP contribution in [-0.4, -0.2) is 42.0 Å². The molecule has 0 aliphatic heterocycles. The number of anilines is 2. The molecule has 0 bridgehead atoms. The van der Waals surface area contributed by atoms with Crippen molar-refractivity contribution < 1.29 is 14.1 Å². The van der Waals surface area contributed by atoms with E-state index in [4.69, 9.17) is 27.7 Å². The van der Waals surface area contributed by atoms with Crippen molar-refractivity contribution in [2.75, 3.05) is 30.8 Å². The summed E-state index contributed by atoms with van der Waals surface area (Å²) >= 11 is 12.0. The third-order valence-electron chi connectivity index (χ3n) is 3.44. The second kappa shape index (κ2) is 9.02. The maximum absolute atomic E-state index is 12.1. The first-order valence-electron chi connectivity index (χ1n) is 7.95. The summed E-state index contributed by atoms with van der Waals surface area (Å²) < 4.78 is 5.06. The van der Waals surface area contributed by atoms with Crippen LogP contribution < -0.4 is 10.6 Å². The van der Waals surface area contributed by atoms with Gasteiger partial charge in [-0.1, -0.05) is 48.3 Å². The number of para-hydroxylation sites is 1. The molecular weight excluding hydrogens is 379 g/mol. The summed E-state index contributed by atoms with van der Waals surface area (Å²) in [5, 5.41) is 9.81. The van der Waals surface area contributed by atoms with E-state index in [0.29, 0.717) is 15.7 Å². The summed E-state index contributed by atoms with van der Waals surface area (Å²) in [6.07, 6.45) is 0. The fourth-order valence-electron chi connectivity index (χ4n) is 2.14. The van der Waals surface area contributed by atoms with Crippen molar-refractivity contribution in [2.24, 2.45) is 0 Å². The molecule has 0 spiro atoms.